The lowest BCUT2D eigenvalue weighted by molar-refractivity contribution is -0.138. The number of carbonyl (C=O) groups is 1. The minimum atomic E-state index is 0.304. The molecule has 1 saturated heterocycles. The number of hydrogen-bond acceptors (Lipinski definition) is 2. The molecule has 2 aliphatic rings. The molecule has 1 aliphatic heterocycles. The van der Waals surface area contributed by atoms with Crippen molar-refractivity contribution in [2.45, 2.75) is 51.5 Å². The third-order valence-corrected chi connectivity index (χ3v) is 6.08. The predicted octanol–water partition coefficient (Wildman–Crippen LogP) is 4.37. The second-order valence-corrected chi connectivity index (χ2v) is 7.87. The van der Waals surface area contributed by atoms with Crippen LogP contribution in [0, 0.1) is 11.8 Å². The van der Waals surface area contributed by atoms with E-state index in [1.807, 2.05) is 12.3 Å². The first kappa shape index (κ1) is 17.3. The van der Waals surface area contributed by atoms with E-state index in [9.17, 15) is 4.79 Å². The van der Waals surface area contributed by atoms with E-state index in [4.69, 9.17) is 0 Å². The van der Waals surface area contributed by atoms with Crippen LogP contribution < -0.4 is 0 Å². The van der Waals surface area contributed by atoms with Crippen LogP contribution in [0.5, 0.6) is 0 Å². The molecule has 0 spiro atoms. The van der Waals surface area contributed by atoms with Gasteiger partial charge in [0.15, 0.2) is 0 Å². The number of piperidine rings is 1. The molecule has 1 aromatic carbocycles. The Hall–Kier alpha value is -2.10. The van der Waals surface area contributed by atoms with Crippen molar-refractivity contribution in [2.75, 3.05) is 13.1 Å². The van der Waals surface area contributed by atoms with E-state index < -0.39 is 0 Å². The quantitative estimate of drug-likeness (QED) is 0.820. The largest absolute Gasteiger partial charge is 0.342 e. The van der Waals surface area contributed by atoms with Crippen LogP contribution in [0.2, 0.25) is 0 Å². The molecule has 26 heavy (non-hydrogen) atoms. The van der Waals surface area contributed by atoms with Crippen molar-refractivity contribution in [1.29, 1.82) is 0 Å². The van der Waals surface area contributed by atoms with Gasteiger partial charge in [0.05, 0.1) is 0 Å². The van der Waals surface area contributed by atoms with Crippen molar-refractivity contribution in [2.24, 2.45) is 11.8 Å². The lowest BCUT2D eigenvalue weighted by Gasteiger charge is -2.35. The Bertz CT molecular complexity index is 710. The van der Waals surface area contributed by atoms with E-state index in [0.29, 0.717) is 17.7 Å². The zero-order valence-corrected chi connectivity index (χ0v) is 15.5. The number of likely N-dealkylation sites (tertiary alicyclic amines) is 1. The fourth-order valence-electron chi connectivity index (χ4n) is 4.53. The van der Waals surface area contributed by atoms with Gasteiger partial charge < -0.3 is 9.47 Å². The first-order valence-corrected chi connectivity index (χ1v) is 10.2. The maximum absolute atomic E-state index is 12.7. The second-order valence-electron chi connectivity index (χ2n) is 7.87. The highest BCUT2D eigenvalue weighted by molar-refractivity contribution is 5.79. The van der Waals surface area contributed by atoms with Crippen molar-refractivity contribution in [3.63, 3.8) is 0 Å². The lowest BCUT2D eigenvalue weighted by atomic mass is 9.87. The number of aromatic nitrogens is 2. The molecule has 4 nitrogen and oxygen atoms in total. The third kappa shape index (κ3) is 3.84. The molecule has 0 atom stereocenters. The summed E-state index contributed by atoms with van der Waals surface area (Å²) in [6.07, 6.45) is 12.2. The van der Waals surface area contributed by atoms with Crippen molar-refractivity contribution in [1.82, 2.24) is 14.5 Å². The zero-order chi connectivity index (χ0) is 17.8. The van der Waals surface area contributed by atoms with Gasteiger partial charge in [-0.05, 0) is 31.6 Å². The highest BCUT2D eigenvalue weighted by atomic mass is 16.2. The van der Waals surface area contributed by atoms with Crippen LogP contribution in [0.15, 0.2) is 42.7 Å². The van der Waals surface area contributed by atoms with Crippen molar-refractivity contribution >= 4 is 5.91 Å². The first-order valence-electron chi connectivity index (χ1n) is 10.2. The molecule has 1 amide bonds. The van der Waals surface area contributed by atoms with Gasteiger partial charge in [-0.2, -0.15) is 0 Å². The van der Waals surface area contributed by atoms with Crippen LogP contribution in [0.1, 0.15) is 44.9 Å². The molecule has 2 aromatic rings. The lowest BCUT2D eigenvalue weighted by Crippen LogP contribution is -2.42. The molecule has 1 saturated carbocycles. The summed E-state index contributed by atoms with van der Waals surface area (Å²) >= 11 is 0. The van der Waals surface area contributed by atoms with Crippen molar-refractivity contribution in [3.8, 4) is 11.4 Å². The SMILES string of the molecule is O=C(C1CCCCC1)N1CCC(Cn2ccnc2-c2ccccc2)CC1. The monoisotopic (exact) mass is 351 g/mol. The van der Waals surface area contributed by atoms with Crippen LogP contribution in [0.25, 0.3) is 11.4 Å². The summed E-state index contributed by atoms with van der Waals surface area (Å²) in [5, 5.41) is 0. The zero-order valence-electron chi connectivity index (χ0n) is 15.5. The molecule has 2 heterocycles. The molecule has 2 fully saturated rings. The standard InChI is InChI=1S/C22H29N3O/c26-22(20-9-5-2-6-10-20)24-14-11-18(12-15-24)17-25-16-13-23-21(25)19-7-3-1-4-8-19/h1,3-4,7-8,13,16,18,20H,2,5-6,9-12,14-15,17H2. The van der Waals surface area contributed by atoms with Crippen molar-refractivity contribution in [3.05, 3.63) is 42.7 Å². The average Bonchev–Trinajstić information content (AvgIpc) is 3.17. The van der Waals surface area contributed by atoms with E-state index in [-0.39, 0.29) is 0 Å². The van der Waals surface area contributed by atoms with Crippen LogP contribution >= 0.6 is 0 Å². The topological polar surface area (TPSA) is 38.1 Å². The number of carbonyl (C=O) groups excluding carboxylic acids is 1. The maximum atomic E-state index is 12.7. The Morgan fingerprint density at radius 1 is 1.00 bits per heavy atom. The van der Waals surface area contributed by atoms with Crippen LogP contribution in [-0.4, -0.2) is 33.4 Å². The van der Waals surface area contributed by atoms with Gasteiger partial charge in [-0.1, -0.05) is 49.6 Å². The average molecular weight is 351 g/mol. The Labute approximate surface area is 156 Å². The molecule has 0 N–H and O–H groups in total. The molecule has 1 aliphatic carbocycles. The van der Waals surface area contributed by atoms with E-state index >= 15 is 0 Å². The molecule has 4 heteroatoms. The van der Waals surface area contributed by atoms with Gasteiger partial charge in [0, 0.05) is 43.5 Å². The molecule has 1 aromatic heterocycles. The van der Waals surface area contributed by atoms with Gasteiger partial charge in [-0.3, -0.25) is 4.79 Å². The molecule has 0 radical (unpaired) electrons. The summed E-state index contributed by atoms with van der Waals surface area (Å²) in [7, 11) is 0. The number of amides is 1. The number of nitrogens with zero attached hydrogens (tertiary/aromatic N) is 3. The first-order chi connectivity index (χ1) is 12.8. The van der Waals surface area contributed by atoms with Crippen LogP contribution in [0.4, 0.5) is 0 Å². The van der Waals surface area contributed by atoms with Gasteiger partial charge in [0.2, 0.25) is 5.91 Å². The number of rotatable bonds is 4. The number of benzene rings is 1. The van der Waals surface area contributed by atoms with Gasteiger partial charge >= 0.3 is 0 Å². The van der Waals surface area contributed by atoms with Gasteiger partial charge in [0.25, 0.3) is 0 Å². The molecule has 4 rings (SSSR count). The fraction of sp³-hybridized carbons (Fsp3) is 0.545. The Balaban J connectivity index is 1.33. The summed E-state index contributed by atoms with van der Waals surface area (Å²) in [6.45, 7) is 2.85. The predicted molar refractivity (Wildman–Crippen MR) is 104 cm³/mol. The van der Waals surface area contributed by atoms with Gasteiger partial charge in [-0.25, -0.2) is 4.98 Å². The second kappa shape index (κ2) is 8.07. The van der Waals surface area contributed by atoms with Crippen LogP contribution in [-0.2, 0) is 11.3 Å². The summed E-state index contributed by atoms with van der Waals surface area (Å²) < 4.78 is 2.28. The maximum Gasteiger partial charge on any atom is 0.225 e. The Morgan fingerprint density at radius 3 is 2.46 bits per heavy atom. The summed E-state index contributed by atoms with van der Waals surface area (Å²) in [4.78, 5) is 19.4. The number of imidazole rings is 1. The van der Waals surface area contributed by atoms with E-state index in [0.717, 1.165) is 51.1 Å². The highest BCUT2D eigenvalue weighted by Gasteiger charge is 2.29. The summed E-state index contributed by atoms with van der Waals surface area (Å²) in [5.74, 6) is 2.41. The molecule has 0 bridgehead atoms. The minimum Gasteiger partial charge on any atom is -0.342 e. The Morgan fingerprint density at radius 2 is 1.73 bits per heavy atom. The molecular weight excluding hydrogens is 322 g/mol. The Kier molecular flexibility index (Phi) is 5.37. The highest BCUT2D eigenvalue weighted by Crippen LogP contribution is 2.28. The van der Waals surface area contributed by atoms with E-state index in [1.165, 1.54) is 24.8 Å². The van der Waals surface area contributed by atoms with Gasteiger partial charge in [0.1, 0.15) is 5.82 Å². The van der Waals surface area contributed by atoms with E-state index in [2.05, 4.69) is 44.9 Å². The molecule has 0 unspecified atom stereocenters. The van der Waals surface area contributed by atoms with E-state index in [1.54, 1.807) is 0 Å². The smallest absolute Gasteiger partial charge is 0.225 e. The number of hydrogen-bond donors (Lipinski definition) is 0. The fourth-order valence-corrected chi connectivity index (χ4v) is 4.53. The summed E-state index contributed by atoms with van der Waals surface area (Å²) in [5.41, 5.74) is 1.17. The van der Waals surface area contributed by atoms with Crippen LogP contribution in [0.3, 0.4) is 0 Å². The van der Waals surface area contributed by atoms with Crippen molar-refractivity contribution < 1.29 is 4.79 Å². The minimum absolute atomic E-state index is 0.304. The molecular formula is C22H29N3O. The summed E-state index contributed by atoms with van der Waals surface area (Å²) in [6, 6.07) is 10.4. The van der Waals surface area contributed by atoms with Gasteiger partial charge in [-0.15, -0.1) is 0 Å². The normalized spacial score (nSPS) is 19.6. The molecule has 138 valence electrons. The third-order valence-electron chi connectivity index (χ3n) is 6.08.